The molecule has 3 N–H and O–H groups in total. The van der Waals surface area contributed by atoms with E-state index in [9.17, 15) is 4.79 Å². The smallest absolute Gasteiger partial charge is 0.224 e. The van der Waals surface area contributed by atoms with Crippen molar-refractivity contribution < 1.29 is 4.79 Å². The predicted octanol–water partition coefficient (Wildman–Crippen LogP) is 2.05. The SMILES string of the molecule is I.NC(=NCC1CCC1)NCCC(=O)N1CCN(c2ccccc2)CC1. The van der Waals surface area contributed by atoms with Crippen LogP contribution in [-0.4, -0.2) is 56.0 Å². The second kappa shape index (κ2) is 10.6. The summed E-state index contributed by atoms with van der Waals surface area (Å²) in [6.07, 6.45) is 4.32. The molecular weight excluding hydrogens is 441 g/mol. The maximum Gasteiger partial charge on any atom is 0.224 e. The Bertz CT molecular complexity index is 583. The van der Waals surface area contributed by atoms with Gasteiger partial charge in [0.15, 0.2) is 5.96 Å². The van der Waals surface area contributed by atoms with E-state index in [4.69, 9.17) is 5.73 Å². The van der Waals surface area contributed by atoms with Crippen LogP contribution in [0, 0.1) is 5.92 Å². The van der Waals surface area contributed by atoms with Crippen molar-refractivity contribution in [1.29, 1.82) is 0 Å². The van der Waals surface area contributed by atoms with Crippen LogP contribution in [0.4, 0.5) is 5.69 Å². The van der Waals surface area contributed by atoms with Crippen LogP contribution < -0.4 is 16.0 Å². The predicted molar refractivity (Wildman–Crippen MR) is 117 cm³/mol. The zero-order valence-electron chi connectivity index (χ0n) is 15.3. The first-order chi connectivity index (χ1) is 12.2. The van der Waals surface area contributed by atoms with Crippen LogP contribution in [0.1, 0.15) is 25.7 Å². The average molecular weight is 471 g/mol. The van der Waals surface area contributed by atoms with Crippen molar-refractivity contribution in [3.8, 4) is 0 Å². The molecule has 1 aromatic rings. The molecule has 1 saturated heterocycles. The van der Waals surface area contributed by atoms with Gasteiger partial charge in [-0.25, -0.2) is 0 Å². The van der Waals surface area contributed by atoms with E-state index in [1.54, 1.807) is 0 Å². The quantitative estimate of drug-likeness (QED) is 0.379. The normalized spacial score (nSPS) is 18.1. The maximum absolute atomic E-state index is 12.3. The van der Waals surface area contributed by atoms with E-state index in [-0.39, 0.29) is 29.9 Å². The number of guanidine groups is 1. The number of nitrogens with one attached hydrogen (secondary N) is 1. The Labute approximate surface area is 173 Å². The molecule has 7 heteroatoms. The molecule has 1 heterocycles. The van der Waals surface area contributed by atoms with Crippen LogP contribution in [0.15, 0.2) is 35.3 Å². The van der Waals surface area contributed by atoms with Crippen LogP contribution in [0.5, 0.6) is 0 Å². The molecule has 0 unspecified atom stereocenters. The Morgan fingerprint density at radius 2 is 1.85 bits per heavy atom. The number of carbonyl (C=O) groups excluding carboxylic acids is 1. The van der Waals surface area contributed by atoms with Crippen LogP contribution in [0.3, 0.4) is 0 Å². The van der Waals surface area contributed by atoms with Crippen molar-refractivity contribution in [1.82, 2.24) is 10.2 Å². The van der Waals surface area contributed by atoms with E-state index in [2.05, 4.69) is 39.5 Å². The molecule has 26 heavy (non-hydrogen) atoms. The highest BCUT2D eigenvalue weighted by Gasteiger charge is 2.21. The maximum atomic E-state index is 12.3. The highest BCUT2D eigenvalue weighted by molar-refractivity contribution is 14.0. The third kappa shape index (κ3) is 6.03. The zero-order valence-corrected chi connectivity index (χ0v) is 17.6. The molecule has 0 atom stereocenters. The molecule has 0 spiro atoms. The largest absolute Gasteiger partial charge is 0.370 e. The van der Waals surface area contributed by atoms with Gasteiger partial charge in [0.1, 0.15) is 0 Å². The highest BCUT2D eigenvalue weighted by Crippen LogP contribution is 2.26. The standard InChI is InChI=1S/C19H29N5O.HI/c20-19(22-15-16-5-4-6-16)21-10-9-18(25)24-13-11-23(12-14-24)17-7-2-1-3-8-17;/h1-3,7-8,16H,4-6,9-15H2,(H3,20,21,22);1H. The van der Waals surface area contributed by atoms with Gasteiger partial charge in [-0.2, -0.15) is 0 Å². The zero-order chi connectivity index (χ0) is 17.5. The van der Waals surface area contributed by atoms with E-state index in [1.165, 1.54) is 24.9 Å². The van der Waals surface area contributed by atoms with Gasteiger partial charge in [-0.3, -0.25) is 9.79 Å². The molecule has 3 rings (SSSR count). The van der Waals surface area contributed by atoms with Gasteiger partial charge in [0.2, 0.25) is 5.91 Å². The molecule has 2 aliphatic rings. The van der Waals surface area contributed by atoms with Crippen LogP contribution in [-0.2, 0) is 4.79 Å². The topological polar surface area (TPSA) is 74.0 Å². The summed E-state index contributed by atoms with van der Waals surface area (Å²) in [7, 11) is 0. The lowest BCUT2D eigenvalue weighted by atomic mass is 9.86. The molecular formula is C19H30IN5O. The number of nitrogens with two attached hydrogens (primary N) is 1. The minimum atomic E-state index is 0. The molecule has 144 valence electrons. The van der Waals surface area contributed by atoms with Crippen molar-refractivity contribution in [2.75, 3.05) is 44.2 Å². The van der Waals surface area contributed by atoms with Gasteiger partial charge in [0.25, 0.3) is 0 Å². The molecule has 1 saturated carbocycles. The minimum absolute atomic E-state index is 0. The van der Waals surface area contributed by atoms with Crippen molar-refractivity contribution in [3.05, 3.63) is 30.3 Å². The number of para-hydroxylation sites is 1. The van der Waals surface area contributed by atoms with Gasteiger partial charge >= 0.3 is 0 Å². The molecule has 0 bridgehead atoms. The molecule has 0 aromatic heterocycles. The number of hydrogen-bond acceptors (Lipinski definition) is 3. The van der Waals surface area contributed by atoms with Gasteiger partial charge in [0, 0.05) is 51.4 Å². The summed E-state index contributed by atoms with van der Waals surface area (Å²) >= 11 is 0. The molecule has 1 aliphatic carbocycles. The number of nitrogens with zero attached hydrogens (tertiary/aromatic N) is 3. The lowest BCUT2D eigenvalue weighted by Crippen LogP contribution is -2.49. The van der Waals surface area contributed by atoms with Crippen LogP contribution in [0.2, 0.25) is 0 Å². The van der Waals surface area contributed by atoms with Gasteiger partial charge in [-0.1, -0.05) is 24.6 Å². The summed E-state index contributed by atoms with van der Waals surface area (Å²) in [5, 5.41) is 3.06. The summed E-state index contributed by atoms with van der Waals surface area (Å²) in [5.74, 6) is 1.36. The number of rotatable bonds is 6. The number of hydrogen-bond donors (Lipinski definition) is 2. The van der Waals surface area contributed by atoms with Crippen LogP contribution in [0.25, 0.3) is 0 Å². The summed E-state index contributed by atoms with van der Waals surface area (Å²) in [6.45, 7) is 4.69. The Morgan fingerprint density at radius 1 is 1.15 bits per heavy atom. The Morgan fingerprint density at radius 3 is 2.46 bits per heavy atom. The first-order valence-corrected chi connectivity index (χ1v) is 9.34. The second-order valence-corrected chi connectivity index (χ2v) is 6.90. The van der Waals surface area contributed by atoms with Gasteiger partial charge in [0.05, 0.1) is 0 Å². The molecule has 1 aromatic carbocycles. The number of halogens is 1. The van der Waals surface area contributed by atoms with E-state index in [0.29, 0.717) is 24.8 Å². The van der Waals surface area contributed by atoms with E-state index in [1.807, 2.05) is 11.0 Å². The number of benzene rings is 1. The van der Waals surface area contributed by atoms with Crippen molar-refractivity contribution in [2.24, 2.45) is 16.6 Å². The van der Waals surface area contributed by atoms with Gasteiger partial charge in [-0.15, -0.1) is 24.0 Å². The second-order valence-electron chi connectivity index (χ2n) is 6.90. The Hall–Kier alpha value is -1.51. The number of aliphatic imine (C=N–C) groups is 1. The monoisotopic (exact) mass is 471 g/mol. The summed E-state index contributed by atoms with van der Waals surface area (Å²) < 4.78 is 0. The van der Waals surface area contributed by atoms with Crippen molar-refractivity contribution in [2.45, 2.75) is 25.7 Å². The number of anilines is 1. The first-order valence-electron chi connectivity index (χ1n) is 9.34. The highest BCUT2D eigenvalue weighted by atomic mass is 127. The van der Waals surface area contributed by atoms with Gasteiger partial charge < -0.3 is 20.9 Å². The molecule has 2 fully saturated rings. The third-order valence-corrected chi connectivity index (χ3v) is 5.14. The molecule has 0 radical (unpaired) electrons. The third-order valence-electron chi connectivity index (χ3n) is 5.14. The first kappa shape index (κ1) is 20.8. The summed E-state index contributed by atoms with van der Waals surface area (Å²) in [4.78, 5) is 21.0. The number of amides is 1. The number of carbonyl (C=O) groups is 1. The molecule has 1 aliphatic heterocycles. The van der Waals surface area contributed by atoms with E-state index in [0.717, 1.165) is 32.7 Å². The van der Waals surface area contributed by atoms with E-state index < -0.39 is 0 Å². The summed E-state index contributed by atoms with van der Waals surface area (Å²) in [6, 6.07) is 10.4. The summed E-state index contributed by atoms with van der Waals surface area (Å²) in [5.41, 5.74) is 7.08. The number of piperazine rings is 1. The fourth-order valence-electron chi connectivity index (χ4n) is 3.27. The molecule has 1 amide bonds. The van der Waals surface area contributed by atoms with E-state index >= 15 is 0 Å². The molecule has 6 nitrogen and oxygen atoms in total. The average Bonchev–Trinajstić information content (AvgIpc) is 2.61. The van der Waals surface area contributed by atoms with Crippen molar-refractivity contribution in [3.63, 3.8) is 0 Å². The fourth-order valence-corrected chi connectivity index (χ4v) is 3.27. The minimum Gasteiger partial charge on any atom is -0.370 e. The lowest BCUT2D eigenvalue weighted by molar-refractivity contribution is -0.131. The Balaban J connectivity index is 0.00000243. The van der Waals surface area contributed by atoms with Gasteiger partial charge in [-0.05, 0) is 30.9 Å². The lowest BCUT2D eigenvalue weighted by Gasteiger charge is -2.36. The van der Waals surface area contributed by atoms with Crippen LogP contribution >= 0.6 is 24.0 Å². The fraction of sp³-hybridized carbons (Fsp3) is 0.579. The Kier molecular flexibility index (Phi) is 8.47. The van der Waals surface area contributed by atoms with Crippen molar-refractivity contribution >= 4 is 41.5 Å².